The Labute approximate surface area is 190 Å². The Morgan fingerprint density at radius 1 is 1.12 bits per heavy atom. The number of imide groups is 1. The van der Waals surface area contributed by atoms with Crippen LogP contribution in [0.25, 0.3) is 0 Å². The highest BCUT2D eigenvalue weighted by Gasteiger charge is 2.21. The lowest BCUT2D eigenvalue weighted by atomic mass is 10.2. The minimum atomic E-state index is -0.534. The number of nitrogens with one attached hydrogen (secondary N) is 1. The number of nitrogen functional groups attached to an aromatic ring is 1. The molecule has 1 heterocycles. The lowest BCUT2D eigenvalue weighted by Crippen LogP contribution is -2.39. The highest BCUT2D eigenvalue weighted by Crippen LogP contribution is 2.27. The van der Waals surface area contributed by atoms with Crippen molar-refractivity contribution in [2.24, 2.45) is 10.7 Å². The summed E-state index contributed by atoms with van der Waals surface area (Å²) < 4.78 is 0. The second-order valence-electron chi connectivity index (χ2n) is 6.76. The van der Waals surface area contributed by atoms with E-state index in [2.05, 4.69) is 26.9 Å². The zero-order chi connectivity index (χ0) is 23.8. The lowest BCUT2D eigenvalue weighted by Gasteiger charge is -2.20. The summed E-state index contributed by atoms with van der Waals surface area (Å²) in [7, 11) is 0. The highest BCUT2D eigenvalue weighted by molar-refractivity contribution is 6.08. The molecular formula is C23H23N7O3. The van der Waals surface area contributed by atoms with E-state index in [1.807, 2.05) is 0 Å². The van der Waals surface area contributed by atoms with Crippen LogP contribution in [0.15, 0.2) is 78.6 Å². The molecular weight excluding hydrogens is 422 g/mol. The molecule has 6 N–H and O–H groups in total. The van der Waals surface area contributed by atoms with Gasteiger partial charge in [0, 0.05) is 18.7 Å². The molecule has 3 rings (SSSR count). The number of benzene rings is 2. The summed E-state index contributed by atoms with van der Waals surface area (Å²) >= 11 is 0. The van der Waals surface area contributed by atoms with Crippen LogP contribution in [0.5, 0.6) is 5.75 Å². The molecule has 10 nitrogen and oxygen atoms in total. The van der Waals surface area contributed by atoms with Crippen molar-refractivity contribution in [3.05, 3.63) is 84.7 Å². The van der Waals surface area contributed by atoms with Gasteiger partial charge in [0.1, 0.15) is 40.8 Å². The lowest BCUT2D eigenvalue weighted by molar-refractivity contribution is -0.123. The molecule has 0 saturated heterocycles. The summed E-state index contributed by atoms with van der Waals surface area (Å²) in [5, 5.41) is 13.0. The van der Waals surface area contributed by atoms with Crippen molar-refractivity contribution >= 4 is 35.0 Å². The Morgan fingerprint density at radius 2 is 1.82 bits per heavy atom. The number of para-hydroxylation sites is 2. The van der Waals surface area contributed by atoms with Gasteiger partial charge in [0.25, 0.3) is 11.8 Å². The molecule has 0 saturated carbocycles. The van der Waals surface area contributed by atoms with E-state index in [-0.39, 0.29) is 47.6 Å². The van der Waals surface area contributed by atoms with E-state index in [0.717, 1.165) is 11.0 Å². The first kappa shape index (κ1) is 22.9. The zero-order valence-electron chi connectivity index (χ0n) is 17.7. The quantitative estimate of drug-likeness (QED) is 0.233. The fraction of sp³-hybridized carbons (Fsp3) is 0.0870. The molecule has 0 unspecified atom stereocenters. The Hall–Kier alpha value is -4.73. The average molecular weight is 445 g/mol. The predicted molar refractivity (Wildman–Crippen MR) is 126 cm³/mol. The predicted octanol–water partition coefficient (Wildman–Crippen LogP) is 2.07. The number of amidine groups is 1. The fourth-order valence-electron chi connectivity index (χ4n) is 2.97. The van der Waals surface area contributed by atoms with Crippen LogP contribution in [0.2, 0.25) is 0 Å². The van der Waals surface area contributed by atoms with Gasteiger partial charge in [-0.15, -0.1) is 0 Å². The number of aromatic hydroxyl groups is 1. The third-order valence-corrected chi connectivity index (χ3v) is 4.59. The zero-order valence-corrected chi connectivity index (χ0v) is 17.7. The third-order valence-electron chi connectivity index (χ3n) is 4.59. The van der Waals surface area contributed by atoms with Gasteiger partial charge in [0.15, 0.2) is 0 Å². The molecule has 0 atom stereocenters. The normalized spacial score (nSPS) is 11.0. The Morgan fingerprint density at radius 3 is 2.52 bits per heavy atom. The van der Waals surface area contributed by atoms with Crippen molar-refractivity contribution in [1.29, 1.82) is 0 Å². The minimum Gasteiger partial charge on any atom is -0.506 e. The monoisotopic (exact) mass is 445 g/mol. The van der Waals surface area contributed by atoms with Crippen LogP contribution < -0.4 is 16.8 Å². The number of phenols is 1. The number of phenolic OH excluding ortho intramolecular Hbond substituents is 1. The minimum absolute atomic E-state index is 0.0171. The number of rotatable bonds is 8. The molecule has 2 amide bonds. The number of carbonyl (C=O) groups excluding carboxylic acids is 2. The standard InChI is InChI=1S/C23H23N7O3/c1-2-18(32)30(23(33)15-8-4-3-5-9-15)13-12-26-22-19(20(24)27-14-28-22)21(25)29-16-10-6-7-11-17(16)31/h2-11,14,31H,1,12-13H2,(H2,25,29)(H3,24,26,27,28). The molecule has 0 bridgehead atoms. The van der Waals surface area contributed by atoms with Crippen LogP contribution in [0.3, 0.4) is 0 Å². The number of hydrogen-bond acceptors (Lipinski definition) is 8. The maximum atomic E-state index is 12.8. The van der Waals surface area contributed by atoms with Gasteiger partial charge in [-0.25, -0.2) is 15.0 Å². The Bertz CT molecular complexity index is 1200. The topological polar surface area (TPSA) is 160 Å². The van der Waals surface area contributed by atoms with Crippen molar-refractivity contribution in [2.45, 2.75) is 0 Å². The van der Waals surface area contributed by atoms with Crippen molar-refractivity contribution in [3.63, 3.8) is 0 Å². The second-order valence-corrected chi connectivity index (χ2v) is 6.76. The van der Waals surface area contributed by atoms with Crippen molar-refractivity contribution in [3.8, 4) is 5.75 Å². The largest absolute Gasteiger partial charge is 0.506 e. The maximum Gasteiger partial charge on any atom is 0.260 e. The van der Waals surface area contributed by atoms with E-state index in [1.54, 1.807) is 48.5 Å². The number of carbonyl (C=O) groups is 2. The molecule has 0 aliphatic carbocycles. The van der Waals surface area contributed by atoms with Gasteiger partial charge in [-0.2, -0.15) is 0 Å². The smallest absolute Gasteiger partial charge is 0.260 e. The van der Waals surface area contributed by atoms with Crippen molar-refractivity contribution in [1.82, 2.24) is 14.9 Å². The Kier molecular flexibility index (Phi) is 7.32. The third kappa shape index (κ3) is 5.50. The average Bonchev–Trinajstić information content (AvgIpc) is 2.83. The molecule has 0 spiro atoms. The maximum absolute atomic E-state index is 12.8. The fourth-order valence-corrected chi connectivity index (χ4v) is 2.97. The first-order valence-corrected chi connectivity index (χ1v) is 9.92. The van der Waals surface area contributed by atoms with Crippen LogP contribution in [-0.2, 0) is 4.79 Å². The SMILES string of the molecule is C=CC(=O)N(CCNc1ncnc(N)c1C(N)=Nc1ccccc1O)C(=O)c1ccccc1. The first-order chi connectivity index (χ1) is 15.9. The van der Waals surface area contributed by atoms with Crippen LogP contribution >= 0.6 is 0 Å². The van der Waals surface area contributed by atoms with Gasteiger partial charge < -0.3 is 21.9 Å². The highest BCUT2D eigenvalue weighted by atomic mass is 16.3. The molecule has 2 aromatic carbocycles. The van der Waals surface area contributed by atoms with Crippen LogP contribution in [0.1, 0.15) is 15.9 Å². The van der Waals surface area contributed by atoms with Crippen LogP contribution in [0.4, 0.5) is 17.3 Å². The van der Waals surface area contributed by atoms with E-state index < -0.39 is 11.8 Å². The molecule has 0 radical (unpaired) electrons. The van der Waals surface area contributed by atoms with Crippen molar-refractivity contribution < 1.29 is 14.7 Å². The molecule has 0 aliphatic rings. The molecule has 0 aliphatic heterocycles. The number of nitrogens with zero attached hydrogens (tertiary/aromatic N) is 4. The van der Waals surface area contributed by atoms with Crippen LogP contribution in [-0.4, -0.2) is 50.7 Å². The summed E-state index contributed by atoms with van der Waals surface area (Å²) in [6.07, 6.45) is 2.32. The van der Waals surface area contributed by atoms with Gasteiger partial charge in [0.05, 0.1) is 0 Å². The van der Waals surface area contributed by atoms with Gasteiger partial charge in [-0.1, -0.05) is 36.9 Å². The summed E-state index contributed by atoms with van der Waals surface area (Å²) in [4.78, 5) is 38.4. The number of nitrogens with two attached hydrogens (primary N) is 2. The van der Waals surface area contributed by atoms with Gasteiger partial charge >= 0.3 is 0 Å². The van der Waals surface area contributed by atoms with E-state index in [0.29, 0.717) is 5.56 Å². The van der Waals surface area contributed by atoms with Crippen molar-refractivity contribution in [2.75, 3.05) is 24.1 Å². The molecule has 3 aromatic rings. The van der Waals surface area contributed by atoms with Crippen LogP contribution in [0, 0.1) is 0 Å². The summed E-state index contributed by atoms with van der Waals surface area (Å²) in [5.74, 6) is -0.722. The summed E-state index contributed by atoms with van der Waals surface area (Å²) in [5.41, 5.74) is 13.0. The molecule has 0 fully saturated rings. The summed E-state index contributed by atoms with van der Waals surface area (Å²) in [6.45, 7) is 3.64. The van der Waals surface area contributed by atoms with E-state index in [1.165, 1.54) is 12.4 Å². The van der Waals surface area contributed by atoms with Gasteiger partial charge in [0.2, 0.25) is 0 Å². The van der Waals surface area contributed by atoms with E-state index in [4.69, 9.17) is 11.5 Å². The summed E-state index contributed by atoms with van der Waals surface area (Å²) in [6, 6.07) is 14.9. The number of aromatic nitrogens is 2. The number of anilines is 2. The Balaban J connectivity index is 1.80. The number of hydrogen-bond donors (Lipinski definition) is 4. The van der Waals surface area contributed by atoms with Gasteiger partial charge in [-0.3, -0.25) is 14.5 Å². The number of aliphatic imine (C=N–C) groups is 1. The van der Waals surface area contributed by atoms with Gasteiger partial charge in [-0.05, 0) is 30.3 Å². The van der Waals surface area contributed by atoms with E-state index in [9.17, 15) is 14.7 Å². The van der Waals surface area contributed by atoms with E-state index >= 15 is 0 Å². The molecule has 33 heavy (non-hydrogen) atoms. The molecule has 1 aromatic heterocycles. The molecule has 168 valence electrons. The molecule has 10 heteroatoms. The second kappa shape index (κ2) is 10.5. The first-order valence-electron chi connectivity index (χ1n) is 9.92. The number of amides is 2.